The van der Waals surface area contributed by atoms with Crippen LogP contribution in [0.15, 0.2) is 18.2 Å². The van der Waals surface area contributed by atoms with Crippen LogP contribution < -0.4 is 0 Å². The Hall–Kier alpha value is -1.75. The van der Waals surface area contributed by atoms with Crippen molar-refractivity contribution >= 4 is 5.91 Å². The Labute approximate surface area is 112 Å². The van der Waals surface area contributed by atoms with E-state index in [1.54, 1.807) is 4.90 Å². The molecule has 1 unspecified atom stereocenters. The summed E-state index contributed by atoms with van der Waals surface area (Å²) in [4.78, 5) is 14.0. The van der Waals surface area contributed by atoms with Gasteiger partial charge in [-0.25, -0.2) is 0 Å². The lowest BCUT2D eigenvalue weighted by Gasteiger charge is -2.29. The van der Waals surface area contributed by atoms with Gasteiger partial charge in [0.15, 0.2) is 0 Å². The van der Waals surface area contributed by atoms with Crippen molar-refractivity contribution in [2.45, 2.75) is 31.7 Å². The minimum Gasteiger partial charge on any atom is -0.508 e. The lowest BCUT2D eigenvalue weighted by Crippen LogP contribution is -2.42. The molecule has 1 aromatic rings. The SMILES string of the molecule is O=C(c1cc(O)ccc1O)N1CCCCCC1CO. The van der Waals surface area contributed by atoms with E-state index < -0.39 is 0 Å². The fourth-order valence-corrected chi connectivity index (χ4v) is 2.48. The quantitative estimate of drug-likeness (QED) is 0.707. The number of amides is 1. The van der Waals surface area contributed by atoms with Crippen LogP contribution in [0.1, 0.15) is 36.0 Å². The molecule has 1 aliphatic rings. The zero-order chi connectivity index (χ0) is 13.8. The van der Waals surface area contributed by atoms with Gasteiger partial charge in [-0.1, -0.05) is 12.8 Å². The molecule has 1 atom stereocenters. The highest BCUT2D eigenvalue weighted by atomic mass is 16.3. The minimum absolute atomic E-state index is 0.0588. The predicted molar refractivity (Wildman–Crippen MR) is 70.1 cm³/mol. The highest BCUT2D eigenvalue weighted by Gasteiger charge is 2.27. The van der Waals surface area contributed by atoms with Crippen molar-refractivity contribution in [3.8, 4) is 11.5 Å². The maximum absolute atomic E-state index is 12.4. The second-order valence-corrected chi connectivity index (χ2v) is 4.89. The summed E-state index contributed by atoms with van der Waals surface area (Å²) in [6, 6.07) is 3.68. The molecule has 19 heavy (non-hydrogen) atoms. The van der Waals surface area contributed by atoms with Gasteiger partial charge in [0, 0.05) is 6.54 Å². The van der Waals surface area contributed by atoms with Gasteiger partial charge in [0.05, 0.1) is 18.2 Å². The van der Waals surface area contributed by atoms with Crippen molar-refractivity contribution in [2.75, 3.05) is 13.2 Å². The molecular weight excluding hydrogens is 246 g/mol. The van der Waals surface area contributed by atoms with E-state index in [-0.39, 0.29) is 35.6 Å². The number of benzene rings is 1. The molecule has 0 aliphatic carbocycles. The highest BCUT2D eigenvalue weighted by molar-refractivity contribution is 5.97. The number of nitrogens with zero attached hydrogens (tertiary/aromatic N) is 1. The lowest BCUT2D eigenvalue weighted by molar-refractivity contribution is 0.0596. The van der Waals surface area contributed by atoms with E-state index in [1.807, 2.05) is 0 Å². The van der Waals surface area contributed by atoms with Crippen molar-refractivity contribution in [1.29, 1.82) is 0 Å². The van der Waals surface area contributed by atoms with Crippen LogP contribution in [0.3, 0.4) is 0 Å². The van der Waals surface area contributed by atoms with Crippen LogP contribution in [-0.4, -0.2) is 45.3 Å². The molecule has 1 aliphatic heterocycles. The van der Waals surface area contributed by atoms with Gasteiger partial charge < -0.3 is 20.2 Å². The Bertz CT molecular complexity index is 461. The van der Waals surface area contributed by atoms with Gasteiger partial charge in [0.2, 0.25) is 0 Å². The second kappa shape index (κ2) is 5.93. The predicted octanol–water partition coefficient (Wildman–Crippen LogP) is 1.47. The largest absolute Gasteiger partial charge is 0.508 e. The Balaban J connectivity index is 2.27. The summed E-state index contributed by atoms with van der Waals surface area (Å²) < 4.78 is 0. The molecule has 1 amide bonds. The molecule has 0 saturated carbocycles. The first-order valence-corrected chi connectivity index (χ1v) is 6.57. The second-order valence-electron chi connectivity index (χ2n) is 4.89. The summed E-state index contributed by atoms with van der Waals surface area (Å²) in [7, 11) is 0. The molecule has 0 radical (unpaired) electrons. The van der Waals surface area contributed by atoms with E-state index in [1.165, 1.54) is 18.2 Å². The molecule has 1 saturated heterocycles. The van der Waals surface area contributed by atoms with E-state index in [0.717, 1.165) is 25.7 Å². The third-order valence-electron chi connectivity index (χ3n) is 3.56. The highest BCUT2D eigenvalue weighted by Crippen LogP contribution is 2.26. The van der Waals surface area contributed by atoms with Crippen molar-refractivity contribution in [3.63, 3.8) is 0 Å². The molecule has 2 rings (SSSR count). The van der Waals surface area contributed by atoms with Gasteiger partial charge in [-0.3, -0.25) is 4.79 Å². The lowest BCUT2D eigenvalue weighted by atomic mass is 10.1. The Morgan fingerprint density at radius 2 is 2.05 bits per heavy atom. The maximum Gasteiger partial charge on any atom is 0.258 e. The van der Waals surface area contributed by atoms with E-state index in [9.17, 15) is 20.1 Å². The number of phenolic OH excluding ortho intramolecular Hbond substituents is 2. The summed E-state index contributed by atoms with van der Waals surface area (Å²) >= 11 is 0. The molecular formula is C14H19NO4. The summed E-state index contributed by atoms with van der Waals surface area (Å²) in [6.07, 6.45) is 3.68. The molecule has 0 spiro atoms. The average molecular weight is 265 g/mol. The van der Waals surface area contributed by atoms with Crippen LogP contribution in [0, 0.1) is 0 Å². The number of hydrogen-bond donors (Lipinski definition) is 3. The number of hydrogen-bond acceptors (Lipinski definition) is 4. The molecule has 5 heteroatoms. The number of aliphatic hydroxyl groups excluding tert-OH is 1. The van der Waals surface area contributed by atoms with E-state index in [0.29, 0.717) is 6.54 Å². The van der Waals surface area contributed by atoms with Crippen molar-refractivity contribution in [3.05, 3.63) is 23.8 Å². The third-order valence-corrected chi connectivity index (χ3v) is 3.56. The van der Waals surface area contributed by atoms with E-state index in [2.05, 4.69) is 0 Å². The first-order valence-electron chi connectivity index (χ1n) is 6.57. The molecule has 0 aromatic heterocycles. The number of aromatic hydroxyl groups is 2. The van der Waals surface area contributed by atoms with Gasteiger partial charge >= 0.3 is 0 Å². The number of phenols is 2. The summed E-state index contributed by atoms with van der Waals surface area (Å²) in [6.45, 7) is 0.491. The maximum atomic E-state index is 12.4. The zero-order valence-corrected chi connectivity index (χ0v) is 10.7. The molecule has 104 valence electrons. The summed E-state index contributed by atoms with van der Waals surface area (Å²) in [5.74, 6) is -0.547. The fraction of sp³-hybridized carbons (Fsp3) is 0.500. The summed E-state index contributed by atoms with van der Waals surface area (Å²) in [5, 5.41) is 28.6. The third kappa shape index (κ3) is 2.98. The van der Waals surface area contributed by atoms with Crippen molar-refractivity contribution in [1.82, 2.24) is 4.90 Å². The first kappa shape index (κ1) is 13.7. The molecule has 1 aromatic carbocycles. The van der Waals surface area contributed by atoms with Gasteiger partial charge in [0.1, 0.15) is 11.5 Å². The van der Waals surface area contributed by atoms with Crippen molar-refractivity contribution in [2.24, 2.45) is 0 Å². The minimum atomic E-state index is -0.339. The van der Waals surface area contributed by atoms with Crippen LogP contribution in [0.5, 0.6) is 11.5 Å². The zero-order valence-electron chi connectivity index (χ0n) is 10.7. The van der Waals surface area contributed by atoms with Crippen LogP contribution >= 0.6 is 0 Å². The van der Waals surface area contributed by atoms with Gasteiger partial charge in [-0.2, -0.15) is 0 Å². The number of rotatable bonds is 2. The van der Waals surface area contributed by atoms with Crippen LogP contribution in [-0.2, 0) is 0 Å². The van der Waals surface area contributed by atoms with Gasteiger partial charge in [-0.15, -0.1) is 0 Å². The average Bonchev–Trinajstić information content (AvgIpc) is 2.65. The van der Waals surface area contributed by atoms with Crippen molar-refractivity contribution < 1.29 is 20.1 Å². The topological polar surface area (TPSA) is 81.0 Å². The number of aliphatic hydroxyl groups is 1. The van der Waals surface area contributed by atoms with Gasteiger partial charge in [-0.05, 0) is 31.0 Å². The molecule has 1 fully saturated rings. The van der Waals surface area contributed by atoms with Crippen LogP contribution in [0.25, 0.3) is 0 Å². The number of carbonyl (C=O) groups is 1. The first-order chi connectivity index (χ1) is 9.13. The smallest absolute Gasteiger partial charge is 0.258 e. The Kier molecular flexibility index (Phi) is 4.27. The van der Waals surface area contributed by atoms with Gasteiger partial charge in [0.25, 0.3) is 5.91 Å². The number of likely N-dealkylation sites (tertiary alicyclic amines) is 1. The monoisotopic (exact) mass is 265 g/mol. The normalized spacial score (nSPS) is 20.1. The standard InChI is InChI=1S/C14H19NO4/c16-9-10-4-2-1-3-7-15(10)14(19)12-8-11(17)5-6-13(12)18/h5-6,8,10,16-18H,1-4,7,9H2. The Morgan fingerprint density at radius 1 is 1.26 bits per heavy atom. The molecule has 5 nitrogen and oxygen atoms in total. The van der Waals surface area contributed by atoms with E-state index in [4.69, 9.17) is 0 Å². The molecule has 1 heterocycles. The number of carbonyl (C=O) groups excluding carboxylic acids is 1. The fourth-order valence-electron chi connectivity index (χ4n) is 2.48. The molecule has 0 bridgehead atoms. The van der Waals surface area contributed by atoms with Crippen LogP contribution in [0.4, 0.5) is 0 Å². The Morgan fingerprint density at radius 3 is 2.79 bits per heavy atom. The summed E-state index contributed by atoms with van der Waals surface area (Å²) in [5.41, 5.74) is 0.0837. The van der Waals surface area contributed by atoms with E-state index >= 15 is 0 Å². The van der Waals surface area contributed by atoms with Crippen LogP contribution in [0.2, 0.25) is 0 Å². The molecule has 3 N–H and O–H groups in total.